The van der Waals surface area contributed by atoms with E-state index >= 15 is 0 Å². The zero-order valence-corrected chi connectivity index (χ0v) is 11.6. The molecule has 0 spiro atoms. The highest BCUT2D eigenvalue weighted by Gasteiger charge is 2.23. The van der Waals surface area contributed by atoms with E-state index in [1.54, 1.807) is 19.1 Å². The second-order valence-corrected chi connectivity index (χ2v) is 5.05. The third kappa shape index (κ3) is 3.68. The number of morpholine rings is 1. The van der Waals surface area contributed by atoms with E-state index in [4.69, 9.17) is 10.5 Å². The Morgan fingerprint density at radius 3 is 2.60 bits per heavy atom. The second-order valence-electron chi connectivity index (χ2n) is 5.05. The summed E-state index contributed by atoms with van der Waals surface area (Å²) in [5.74, 6) is 0.0663. The number of aliphatic hydroxyl groups is 1. The predicted molar refractivity (Wildman–Crippen MR) is 74.9 cm³/mol. The normalized spacial score (nSPS) is 19.8. The largest absolute Gasteiger partial charge is 0.384 e. The van der Waals surface area contributed by atoms with Gasteiger partial charge in [0, 0.05) is 13.1 Å². The molecular weight excluding hydrogens is 261 g/mol. The highest BCUT2D eigenvalue weighted by Crippen LogP contribution is 2.21. The summed E-state index contributed by atoms with van der Waals surface area (Å²) in [5, 5.41) is 10.4. The van der Waals surface area contributed by atoms with Gasteiger partial charge in [-0.15, -0.1) is 0 Å². The van der Waals surface area contributed by atoms with Gasteiger partial charge in [-0.3, -0.25) is 0 Å². The van der Waals surface area contributed by atoms with E-state index in [0.29, 0.717) is 37.8 Å². The lowest BCUT2D eigenvalue weighted by atomic mass is 9.96. The summed E-state index contributed by atoms with van der Waals surface area (Å²) in [4.78, 5) is 6.16. The van der Waals surface area contributed by atoms with E-state index in [2.05, 4.69) is 4.99 Å². The lowest BCUT2D eigenvalue weighted by Crippen LogP contribution is -2.45. The van der Waals surface area contributed by atoms with Crippen LogP contribution in [0.5, 0.6) is 0 Å². The molecule has 0 aliphatic carbocycles. The molecule has 1 unspecified atom stereocenters. The average molecular weight is 281 g/mol. The third-order valence-electron chi connectivity index (χ3n) is 3.35. The first-order valence-electron chi connectivity index (χ1n) is 6.60. The fourth-order valence-corrected chi connectivity index (χ4v) is 2.03. The molecule has 6 heteroatoms. The van der Waals surface area contributed by atoms with Gasteiger partial charge in [-0.05, 0) is 24.6 Å². The lowest BCUT2D eigenvalue weighted by Gasteiger charge is -2.28. The van der Waals surface area contributed by atoms with Crippen LogP contribution >= 0.6 is 0 Å². The molecule has 0 aromatic heterocycles. The quantitative estimate of drug-likeness (QED) is 0.631. The van der Waals surface area contributed by atoms with Crippen molar-refractivity contribution >= 4 is 5.96 Å². The summed E-state index contributed by atoms with van der Waals surface area (Å²) in [5.41, 5.74) is 5.34. The maximum absolute atomic E-state index is 12.9. The number of benzene rings is 1. The van der Waals surface area contributed by atoms with E-state index in [1.807, 2.05) is 4.90 Å². The number of rotatable bonds is 3. The maximum Gasteiger partial charge on any atom is 0.191 e. The standard InChI is InChI=1S/C14H20FN3O2/c1-14(19,11-2-4-12(15)5-3-11)10-17-13(16)18-6-8-20-9-7-18/h2-5,19H,6-10H2,1H3,(H2,16,17). The Morgan fingerprint density at radius 1 is 1.40 bits per heavy atom. The van der Waals surface area contributed by atoms with E-state index in [9.17, 15) is 9.50 Å². The lowest BCUT2D eigenvalue weighted by molar-refractivity contribution is 0.0617. The summed E-state index contributed by atoms with van der Waals surface area (Å²) in [6.07, 6.45) is 0. The van der Waals surface area contributed by atoms with E-state index in [0.717, 1.165) is 0 Å². The van der Waals surface area contributed by atoms with E-state index < -0.39 is 5.60 Å². The Balaban J connectivity index is 2.01. The molecule has 3 N–H and O–H groups in total. The first-order chi connectivity index (χ1) is 9.49. The van der Waals surface area contributed by atoms with Crippen molar-refractivity contribution in [1.82, 2.24) is 4.90 Å². The molecule has 0 radical (unpaired) electrons. The van der Waals surface area contributed by atoms with Crippen LogP contribution in [0.2, 0.25) is 0 Å². The summed E-state index contributed by atoms with van der Waals surface area (Å²) in [6.45, 7) is 4.43. The molecule has 0 bridgehead atoms. The Hall–Kier alpha value is -1.66. The van der Waals surface area contributed by atoms with E-state index in [1.165, 1.54) is 12.1 Å². The molecule has 1 atom stereocenters. The van der Waals surface area contributed by atoms with Crippen LogP contribution in [0, 0.1) is 5.82 Å². The van der Waals surface area contributed by atoms with Crippen LogP contribution < -0.4 is 5.73 Å². The Labute approximate surface area is 117 Å². The van der Waals surface area contributed by atoms with Crippen LogP contribution in [0.1, 0.15) is 12.5 Å². The fraction of sp³-hybridized carbons (Fsp3) is 0.500. The summed E-state index contributed by atoms with van der Waals surface area (Å²) in [6, 6.07) is 5.74. The van der Waals surface area contributed by atoms with Gasteiger partial charge < -0.3 is 20.5 Å². The minimum absolute atomic E-state index is 0.127. The summed E-state index contributed by atoms with van der Waals surface area (Å²) >= 11 is 0. The minimum atomic E-state index is -1.18. The fourth-order valence-electron chi connectivity index (χ4n) is 2.03. The molecule has 1 aromatic rings. The first-order valence-corrected chi connectivity index (χ1v) is 6.60. The van der Waals surface area contributed by atoms with Gasteiger partial charge in [0.1, 0.15) is 11.4 Å². The molecule has 0 saturated carbocycles. The van der Waals surface area contributed by atoms with Crippen molar-refractivity contribution in [2.24, 2.45) is 10.7 Å². The van der Waals surface area contributed by atoms with Crippen LogP contribution in [0.25, 0.3) is 0 Å². The van der Waals surface area contributed by atoms with Crippen molar-refractivity contribution in [1.29, 1.82) is 0 Å². The zero-order valence-electron chi connectivity index (χ0n) is 11.6. The molecule has 20 heavy (non-hydrogen) atoms. The zero-order chi connectivity index (χ0) is 14.6. The van der Waals surface area contributed by atoms with Crippen molar-refractivity contribution < 1.29 is 14.2 Å². The molecule has 1 heterocycles. The van der Waals surface area contributed by atoms with Crippen LogP contribution in [0.4, 0.5) is 4.39 Å². The number of ether oxygens (including phenoxy) is 1. The van der Waals surface area contributed by atoms with Crippen LogP contribution in [0.15, 0.2) is 29.3 Å². The second kappa shape index (κ2) is 6.19. The highest BCUT2D eigenvalue weighted by molar-refractivity contribution is 5.78. The Morgan fingerprint density at radius 2 is 2.00 bits per heavy atom. The molecule has 1 saturated heterocycles. The number of hydrogen-bond donors (Lipinski definition) is 2. The van der Waals surface area contributed by atoms with Gasteiger partial charge >= 0.3 is 0 Å². The van der Waals surface area contributed by atoms with Gasteiger partial charge in [0.15, 0.2) is 5.96 Å². The number of nitrogens with two attached hydrogens (primary N) is 1. The number of hydrogen-bond acceptors (Lipinski definition) is 3. The van der Waals surface area contributed by atoms with Gasteiger partial charge in [0.25, 0.3) is 0 Å². The molecule has 1 aliphatic rings. The average Bonchev–Trinajstić information content (AvgIpc) is 2.46. The van der Waals surface area contributed by atoms with Crippen molar-refractivity contribution in [2.75, 3.05) is 32.8 Å². The molecule has 1 aliphatic heterocycles. The van der Waals surface area contributed by atoms with Gasteiger partial charge in [-0.2, -0.15) is 0 Å². The number of halogens is 1. The molecule has 0 amide bonds. The first kappa shape index (κ1) is 14.7. The maximum atomic E-state index is 12.9. The number of nitrogens with zero attached hydrogens (tertiary/aromatic N) is 2. The Kier molecular flexibility index (Phi) is 4.57. The third-order valence-corrected chi connectivity index (χ3v) is 3.35. The van der Waals surface area contributed by atoms with Gasteiger partial charge in [-0.25, -0.2) is 9.38 Å². The molecular formula is C14H20FN3O2. The van der Waals surface area contributed by atoms with Crippen molar-refractivity contribution in [2.45, 2.75) is 12.5 Å². The van der Waals surface area contributed by atoms with Gasteiger partial charge in [0.05, 0.1) is 19.8 Å². The molecule has 2 rings (SSSR count). The van der Waals surface area contributed by atoms with Crippen molar-refractivity contribution in [3.63, 3.8) is 0 Å². The van der Waals surface area contributed by atoms with Crippen LogP contribution in [-0.4, -0.2) is 48.8 Å². The Bertz CT molecular complexity index is 468. The SMILES string of the molecule is CC(O)(CN=C(N)N1CCOCC1)c1ccc(F)cc1. The molecule has 1 aromatic carbocycles. The van der Waals surface area contributed by atoms with Crippen molar-refractivity contribution in [3.05, 3.63) is 35.6 Å². The molecule has 110 valence electrons. The minimum Gasteiger partial charge on any atom is -0.384 e. The number of guanidine groups is 1. The van der Waals surface area contributed by atoms with E-state index in [-0.39, 0.29) is 12.4 Å². The monoisotopic (exact) mass is 281 g/mol. The molecule has 1 fully saturated rings. The molecule has 5 nitrogen and oxygen atoms in total. The number of aliphatic imine (C=N–C) groups is 1. The highest BCUT2D eigenvalue weighted by atomic mass is 19.1. The van der Waals surface area contributed by atoms with Gasteiger partial charge in [0.2, 0.25) is 0 Å². The predicted octanol–water partition coefficient (Wildman–Crippen LogP) is 0.680. The summed E-state index contributed by atoms with van der Waals surface area (Å²) in [7, 11) is 0. The van der Waals surface area contributed by atoms with Gasteiger partial charge in [-0.1, -0.05) is 12.1 Å². The van der Waals surface area contributed by atoms with Crippen LogP contribution in [0.3, 0.4) is 0 Å². The topological polar surface area (TPSA) is 71.1 Å². The van der Waals surface area contributed by atoms with Crippen LogP contribution in [-0.2, 0) is 10.3 Å². The summed E-state index contributed by atoms with van der Waals surface area (Å²) < 4.78 is 18.1. The smallest absolute Gasteiger partial charge is 0.191 e. The van der Waals surface area contributed by atoms with Crippen molar-refractivity contribution in [3.8, 4) is 0 Å².